The zero-order chi connectivity index (χ0) is 18.1. The smallest absolute Gasteiger partial charge is 0.319 e. The van der Waals surface area contributed by atoms with Gasteiger partial charge in [0.1, 0.15) is 5.75 Å². The highest BCUT2D eigenvalue weighted by molar-refractivity contribution is 5.79. The molecule has 0 N–H and O–H groups in total. The molecule has 1 atom stereocenters. The number of hydrogen-bond donors (Lipinski definition) is 0. The summed E-state index contributed by atoms with van der Waals surface area (Å²) in [5, 5.41) is 11.2. The first-order valence-electron chi connectivity index (χ1n) is 6.53. The molecule has 0 heterocycles. The van der Waals surface area contributed by atoms with Gasteiger partial charge in [-0.05, 0) is 24.3 Å². The predicted molar refractivity (Wildman–Crippen MR) is 71.0 cm³/mol. The van der Waals surface area contributed by atoms with E-state index in [4.69, 9.17) is 4.74 Å². The number of hydrogen-bond acceptors (Lipinski definition) is 3. The van der Waals surface area contributed by atoms with E-state index in [0.717, 1.165) is 19.2 Å². The number of rotatable bonds is 5. The Morgan fingerprint density at radius 1 is 1.08 bits per heavy atom. The number of alkyl halides is 3. The molecular formula is C16H10F5O3-. The van der Waals surface area contributed by atoms with Crippen molar-refractivity contribution in [3.8, 4) is 5.75 Å². The van der Waals surface area contributed by atoms with Crippen molar-refractivity contribution in [3.05, 3.63) is 65.2 Å². The van der Waals surface area contributed by atoms with Crippen molar-refractivity contribution in [2.24, 2.45) is 0 Å². The minimum Gasteiger partial charge on any atom is -0.546 e. The van der Waals surface area contributed by atoms with E-state index in [1.54, 1.807) is 0 Å². The SMILES string of the molecule is COc1cccc(C(F)(C(=O)[O-])C(F)(F)c2cccc(F)c2F)c1. The van der Waals surface area contributed by atoms with Crippen molar-refractivity contribution in [2.75, 3.05) is 7.11 Å². The molecule has 2 aromatic carbocycles. The predicted octanol–water partition coefficient (Wildman–Crippen LogP) is 2.68. The number of carboxylic acids is 1. The van der Waals surface area contributed by atoms with Crippen molar-refractivity contribution in [2.45, 2.75) is 11.6 Å². The van der Waals surface area contributed by atoms with Crippen molar-refractivity contribution in [1.82, 2.24) is 0 Å². The van der Waals surface area contributed by atoms with Crippen molar-refractivity contribution < 1.29 is 36.6 Å². The molecule has 0 amide bonds. The quantitative estimate of drug-likeness (QED) is 0.783. The van der Waals surface area contributed by atoms with E-state index in [1.165, 1.54) is 6.07 Å². The van der Waals surface area contributed by atoms with Gasteiger partial charge in [0.15, 0.2) is 11.6 Å². The highest BCUT2D eigenvalue weighted by atomic mass is 19.3. The molecule has 24 heavy (non-hydrogen) atoms. The molecular weight excluding hydrogens is 335 g/mol. The van der Waals surface area contributed by atoms with E-state index >= 15 is 0 Å². The number of benzene rings is 2. The summed E-state index contributed by atoms with van der Waals surface area (Å²) < 4.78 is 75.8. The lowest BCUT2D eigenvalue weighted by Gasteiger charge is -2.35. The first-order valence-corrected chi connectivity index (χ1v) is 6.53. The number of carbonyl (C=O) groups excluding carboxylic acids is 1. The van der Waals surface area contributed by atoms with Gasteiger partial charge in [0.2, 0.25) is 5.67 Å². The Bertz CT molecular complexity index is 778. The van der Waals surface area contributed by atoms with E-state index in [1.807, 2.05) is 0 Å². The molecule has 0 saturated carbocycles. The van der Waals surface area contributed by atoms with Crippen LogP contribution < -0.4 is 9.84 Å². The molecule has 1 unspecified atom stereocenters. The van der Waals surface area contributed by atoms with E-state index < -0.39 is 40.3 Å². The van der Waals surface area contributed by atoms with Crippen molar-refractivity contribution in [3.63, 3.8) is 0 Å². The molecule has 0 spiro atoms. The second-order valence-electron chi connectivity index (χ2n) is 4.85. The lowest BCUT2D eigenvalue weighted by atomic mass is 9.84. The third-order valence-electron chi connectivity index (χ3n) is 3.47. The summed E-state index contributed by atoms with van der Waals surface area (Å²) in [5.41, 5.74) is -7.22. The summed E-state index contributed by atoms with van der Waals surface area (Å²) in [6, 6.07) is 5.45. The maximum atomic E-state index is 15.0. The van der Waals surface area contributed by atoms with E-state index in [-0.39, 0.29) is 5.75 Å². The number of halogens is 5. The van der Waals surface area contributed by atoms with E-state index in [2.05, 4.69) is 0 Å². The highest BCUT2D eigenvalue weighted by Crippen LogP contribution is 2.49. The van der Waals surface area contributed by atoms with Crippen LogP contribution in [0.5, 0.6) is 5.75 Å². The minimum atomic E-state index is -4.95. The Morgan fingerprint density at radius 2 is 1.71 bits per heavy atom. The zero-order valence-electron chi connectivity index (χ0n) is 12.2. The first kappa shape index (κ1) is 17.7. The zero-order valence-corrected chi connectivity index (χ0v) is 12.2. The van der Waals surface area contributed by atoms with Gasteiger partial charge in [-0.25, -0.2) is 13.2 Å². The molecule has 2 aromatic rings. The highest BCUT2D eigenvalue weighted by Gasteiger charge is 2.60. The van der Waals surface area contributed by atoms with Crippen LogP contribution in [0.15, 0.2) is 42.5 Å². The molecule has 2 rings (SSSR count). The summed E-state index contributed by atoms with van der Waals surface area (Å²) in [6.45, 7) is 0. The maximum absolute atomic E-state index is 15.0. The fraction of sp³-hybridized carbons (Fsp3) is 0.188. The Hall–Kier alpha value is -2.64. The number of ether oxygens (including phenoxy) is 1. The summed E-state index contributed by atoms with van der Waals surface area (Å²) in [6.07, 6.45) is 0. The monoisotopic (exact) mass is 345 g/mol. The first-order chi connectivity index (χ1) is 11.2. The molecule has 128 valence electrons. The molecule has 0 aromatic heterocycles. The van der Waals surface area contributed by atoms with Crippen LogP contribution >= 0.6 is 0 Å². The summed E-state index contributed by atoms with van der Waals surface area (Å²) in [7, 11) is 1.16. The summed E-state index contributed by atoms with van der Waals surface area (Å²) in [5.74, 6) is -11.6. The Balaban J connectivity index is 2.72. The second-order valence-corrected chi connectivity index (χ2v) is 4.85. The number of methoxy groups -OCH3 is 1. The lowest BCUT2D eigenvalue weighted by Crippen LogP contribution is -2.53. The Kier molecular flexibility index (Phi) is 4.50. The lowest BCUT2D eigenvalue weighted by molar-refractivity contribution is -0.336. The van der Waals surface area contributed by atoms with Crippen LogP contribution in [0.1, 0.15) is 11.1 Å². The third kappa shape index (κ3) is 2.57. The molecule has 0 radical (unpaired) electrons. The second kappa shape index (κ2) is 6.10. The van der Waals surface area contributed by atoms with Crippen molar-refractivity contribution >= 4 is 5.97 Å². The fourth-order valence-electron chi connectivity index (χ4n) is 2.20. The molecule has 0 bridgehead atoms. The van der Waals surface area contributed by atoms with Gasteiger partial charge in [0.05, 0.1) is 18.6 Å². The van der Waals surface area contributed by atoms with Gasteiger partial charge in [0, 0.05) is 5.56 Å². The maximum Gasteiger partial charge on any atom is 0.319 e. The standard InChI is InChI=1S/C16H11F5O3/c1-24-10-5-2-4-9(8-10)15(19,14(22)23)16(20,21)11-6-3-7-12(17)13(11)18/h2-8H,1H3,(H,22,23)/p-1. The van der Waals surface area contributed by atoms with E-state index in [9.17, 15) is 31.9 Å². The molecule has 0 aliphatic heterocycles. The Labute approximate surface area is 133 Å². The van der Waals surface area contributed by atoms with Gasteiger partial charge in [0.25, 0.3) is 0 Å². The normalized spacial score (nSPS) is 14.1. The van der Waals surface area contributed by atoms with Crippen LogP contribution in [0.25, 0.3) is 0 Å². The summed E-state index contributed by atoms with van der Waals surface area (Å²) >= 11 is 0. The van der Waals surface area contributed by atoms with Gasteiger partial charge in [-0.15, -0.1) is 0 Å². The topological polar surface area (TPSA) is 49.4 Å². The van der Waals surface area contributed by atoms with Crippen LogP contribution in [-0.2, 0) is 16.4 Å². The van der Waals surface area contributed by atoms with Crippen LogP contribution in [-0.4, -0.2) is 13.1 Å². The van der Waals surface area contributed by atoms with Crippen molar-refractivity contribution in [1.29, 1.82) is 0 Å². The molecule has 0 aliphatic carbocycles. The minimum absolute atomic E-state index is 0.105. The van der Waals surface area contributed by atoms with Gasteiger partial charge < -0.3 is 14.6 Å². The Morgan fingerprint density at radius 3 is 2.29 bits per heavy atom. The molecule has 0 aliphatic rings. The number of aliphatic carboxylic acids is 1. The molecule has 3 nitrogen and oxygen atoms in total. The van der Waals surface area contributed by atoms with Crippen LogP contribution in [0, 0.1) is 11.6 Å². The van der Waals surface area contributed by atoms with Gasteiger partial charge in [-0.2, -0.15) is 8.78 Å². The fourth-order valence-corrected chi connectivity index (χ4v) is 2.20. The van der Waals surface area contributed by atoms with Gasteiger partial charge in [-0.1, -0.05) is 18.2 Å². The average molecular weight is 345 g/mol. The molecule has 0 saturated heterocycles. The molecule has 0 fully saturated rings. The van der Waals surface area contributed by atoms with Crippen LogP contribution in [0.4, 0.5) is 22.0 Å². The van der Waals surface area contributed by atoms with Gasteiger partial charge >= 0.3 is 5.92 Å². The van der Waals surface area contributed by atoms with Crippen LogP contribution in [0.2, 0.25) is 0 Å². The summed E-state index contributed by atoms with van der Waals surface area (Å²) in [4.78, 5) is 11.2. The van der Waals surface area contributed by atoms with Crippen LogP contribution in [0.3, 0.4) is 0 Å². The number of carboxylic acid groups (broad SMARTS) is 1. The van der Waals surface area contributed by atoms with E-state index in [0.29, 0.717) is 24.3 Å². The number of carbonyl (C=O) groups is 1. The van der Waals surface area contributed by atoms with Gasteiger partial charge in [-0.3, -0.25) is 0 Å². The average Bonchev–Trinajstić information content (AvgIpc) is 2.56. The largest absolute Gasteiger partial charge is 0.546 e. The molecule has 8 heteroatoms. The third-order valence-corrected chi connectivity index (χ3v) is 3.47.